The third-order valence-electron chi connectivity index (χ3n) is 3.67. The van der Waals surface area contributed by atoms with Gasteiger partial charge in [0.2, 0.25) is 0 Å². The Labute approximate surface area is 165 Å². The van der Waals surface area contributed by atoms with E-state index in [-0.39, 0.29) is 11.6 Å². The number of fused-ring (bicyclic) bond motifs is 1. The van der Waals surface area contributed by atoms with Crippen molar-refractivity contribution in [3.05, 3.63) is 70.7 Å². The number of hydrogen-bond donors (Lipinski definition) is 1. The molecular formula is C20H15Cl2NO4. The highest BCUT2D eigenvalue weighted by atomic mass is 35.5. The predicted molar refractivity (Wildman–Crippen MR) is 105 cm³/mol. The number of hydrogen-bond acceptors (Lipinski definition) is 4. The van der Waals surface area contributed by atoms with E-state index in [1.807, 2.05) is 36.4 Å². The molecule has 138 valence electrons. The minimum Gasteiger partial charge on any atom is -0.482 e. The number of esters is 1. The van der Waals surface area contributed by atoms with Crippen LogP contribution in [0.2, 0.25) is 10.0 Å². The fourth-order valence-electron chi connectivity index (χ4n) is 2.37. The zero-order valence-electron chi connectivity index (χ0n) is 14.1. The molecular weight excluding hydrogens is 389 g/mol. The van der Waals surface area contributed by atoms with E-state index < -0.39 is 18.5 Å². The lowest BCUT2D eigenvalue weighted by Crippen LogP contribution is -2.23. The summed E-state index contributed by atoms with van der Waals surface area (Å²) in [7, 11) is 0. The summed E-state index contributed by atoms with van der Waals surface area (Å²) in [6.07, 6.45) is 0. The predicted octanol–water partition coefficient (Wildman–Crippen LogP) is 4.71. The van der Waals surface area contributed by atoms with Gasteiger partial charge >= 0.3 is 5.97 Å². The second-order valence-electron chi connectivity index (χ2n) is 5.61. The third kappa shape index (κ3) is 5.12. The van der Waals surface area contributed by atoms with Gasteiger partial charge in [0, 0.05) is 0 Å². The standard InChI is InChI=1S/C20H15Cl2NO4/c21-16-6-3-7-17(20(16)22)23-18(24)11-27-19(25)12-26-15-9-8-13-4-1-2-5-14(13)10-15/h1-10H,11-12H2,(H,23,24). The number of rotatable bonds is 6. The van der Waals surface area contributed by atoms with Crippen LogP contribution in [-0.2, 0) is 14.3 Å². The average molecular weight is 404 g/mol. The number of amides is 1. The Balaban J connectivity index is 1.47. The van der Waals surface area contributed by atoms with Crippen LogP contribution < -0.4 is 10.1 Å². The molecule has 0 saturated heterocycles. The first-order chi connectivity index (χ1) is 13.0. The van der Waals surface area contributed by atoms with Crippen molar-refractivity contribution in [3.8, 4) is 5.75 Å². The van der Waals surface area contributed by atoms with Crippen LogP contribution in [0.4, 0.5) is 5.69 Å². The van der Waals surface area contributed by atoms with E-state index in [1.165, 1.54) is 0 Å². The molecule has 0 unspecified atom stereocenters. The van der Waals surface area contributed by atoms with Crippen LogP contribution in [0.25, 0.3) is 10.8 Å². The van der Waals surface area contributed by atoms with Crippen molar-refractivity contribution < 1.29 is 19.1 Å². The van der Waals surface area contributed by atoms with Gasteiger partial charge in [-0.1, -0.05) is 59.6 Å². The molecule has 0 atom stereocenters. The molecule has 0 bridgehead atoms. The van der Waals surface area contributed by atoms with Crippen LogP contribution in [-0.4, -0.2) is 25.1 Å². The summed E-state index contributed by atoms with van der Waals surface area (Å²) in [4.78, 5) is 23.7. The van der Waals surface area contributed by atoms with Crippen molar-refractivity contribution in [2.75, 3.05) is 18.5 Å². The summed E-state index contributed by atoms with van der Waals surface area (Å²) in [5.41, 5.74) is 0.345. The molecule has 0 spiro atoms. The second-order valence-corrected chi connectivity index (χ2v) is 6.39. The molecule has 5 nitrogen and oxygen atoms in total. The van der Waals surface area contributed by atoms with Gasteiger partial charge in [-0.05, 0) is 35.0 Å². The van der Waals surface area contributed by atoms with Crippen LogP contribution in [0.1, 0.15) is 0 Å². The topological polar surface area (TPSA) is 64.6 Å². The van der Waals surface area contributed by atoms with Crippen molar-refractivity contribution in [1.82, 2.24) is 0 Å². The second kappa shape index (κ2) is 8.75. The van der Waals surface area contributed by atoms with Crippen molar-refractivity contribution in [2.24, 2.45) is 0 Å². The average Bonchev–Trinajstić information content (AvgIpc) is 2.68. The number of carbonyl (C=O) groups is 2. The molecule has 0 fully saturated rings. The van der Waals surface area contributed by atoms with Crippen LogP contribution >= 0.6 is 23.2 Å². The summed E-state index contributed by atoms with van der Waals surface area (Å²) < 4.78 is 10.3. The highest BCUT2D eigenvalue weighted by Crippen LogP contribution is 2.29. The Hall–Kier alpha value is -2.76. The fraction of sp³-hybridized carbons (Fsp3) is 0.100. The van der Waals surface area contributed by atoms with Crippen molar-refractivity contribution >= 4 is 51.5 Å². The van der Waals surface area contributed by atoms with Crippen LogP contribution in [0.15, 0.2) is 60.7 Å². The number of nitrogens with one attached hydrogen (secondary N) is 1. The monoisotopic (exact) mass is 403 g/mol. The molecule has 7 heteroatoms. The summed E-state index contributed by atoms with van der Waals surface area (Å²) in [6, 6.07) is 18.1. The van der Waals surface area contributed by atoms with E-state index in [9.17, 15) is 9.59 Å². The number of benzene rings is 3. The van der Waals surface area contributed by atoms with Gasteiger partial charge < -0.3 is 14.8 Å². The molecule has 3 aromatic carbocycles. The number of halogens is 2. The molecule has 0 aliphatic rings. The van der Waals surface area contributed by atoms with Crippen LogP contribution in [0.5, 0.6) is 5.75 Å². The summed E-state index contributed by atoms with van der Waals surface area (Å²) in [5.74, 6) is -0.644. The molecule has 0 saturated carbocycles. The molecule has 0 aromatic heterocycles. The van der Waals surface area contributed by atoms with Crippen molar-refractivity contribution in [3.63, 3.8) is 0 Å². The third-order valence-corrected chi connectivity index (χ3v) is 4.49. The molecule has 0 aliphatic heterocycles. The fourth-order valence-corrected chi connectivity index (χ4v) is 2.72. The first-order valence-electron chi connectivity index (χ1n) is 8.04. The van der Waals surface area contributed by atoms with Gasteiger partial charge in [0.15, 0.2) is 13.2 Å². The van der Waals surface area contributed by atoms with Gasteiger partial charge in [0.1, 0.15) is 5.75 Å². The maximum absolute atomic E-state index is 11.9. The van der Waals surface area contributed by atoms with E-state index in [0.717, 1.165) is 10.8 Å². The van der Waals surface area contributed by atoms with Gasteiger partial charge in [-0.25, -0.2) is 4.79 Å². The first kappa shape index (κ1) is 19.0. The first-order valence-corrected chi connectivity index (χ1v) is 8.79. The van der Waals surface area contributed by atoms with Crippen molar-refractivity contribution in [2.45, 2.75) is 0 Å². The quantitative estimate of drug-likeness (QED) is 0.605. The van der Waals surface area contributed by atoms with Crippen molar-refractivity contribution in [1.29, 1.82) is 0 Å². The highest BCUT2D eigenvalue weighted by molar-refractivity contribution is 6.44. The van der Waals surface area contributed by atoms with Gasteiger partial charge in [-0.15, -0.1) is 0 Å². The Bertz CT molecular complexity index is 991. The zero-order valence-corrected chi connectivity index (χ0v) is 15.6. The Kier molecular flexibility index (Phi) is 6.16. The smallest absolute Gasteiger partial charge is 0.344 e. The lowest BCUT2D eigenvalue weighted by atomic mass is 10.1. The molecule has 0 heterocycles. The van der Waals surface area contributed by atoms with E-state index in [0.29, 0.717) is 16.5 Å². The molecule has 0 radical (unpaired) electrons. The summed E-state index contributed by atoms with van der Waals surface area (Å²) in [5, 5.41) is 5.14. The largest absolute Gasteiger partial charge is 0.482 e. The molecule has 27 heavy (non-hydrogen) atoms. The normalized spacial score (nSPS) is 10.4. The van der Waals surface area contributed by atoms with Gasteiger partial charge in [0.25, 0.3) is 5.91 Å². The van der Waals surface area contributed by atoms with Crippen LogP contribution in [0.3, 0.4) is 0 Å². The molecule has 1 N–H and O–H groups in total. The van der Waals surface area contributed by atoms with E-state index >= 15 is 0 Å². The van der Waals surface area contributed by atoms with E-state index in [2.05, 4.69) is 5.32 Å². The van der Waals surface area contributed by atoms with Gasteiger partial charge in [-0.3, -0.25) is 4.79 Å². The Morgan fingerprint density at radius 2 is 1.67 bits per heavy atom. The SMILES string of the molecule is O=C(COC(=O)COc1ccc2ccccc2c1)Nc1cccc(Cl)c1Cl. The molecule has 1 amide bonds. The maximum Gasteiger partial charge on any atom is 0.344 e. The van der Waals surface area contributed by atoms with Gasteiger partial charge in [-0.2, -0.15) is 0 Å². The lowest BCUT2D eigenvalue weighted by Gasteiger charge is -2.10. The summed E-state index contributed by atoms with van der Waals surface area (Å²) in [6.45, 7) is -0.758. The highest BCUT2D eigenvalue weighted by Gasteiger charge is 2.11. The molecule has 0 aliphatic carbocycles. The number of ether oxygens (including phenoxy) is 2. The minimum atomic E-state index is -0.657. The number of carbonyl (C=O) groups excluding carboxylic acids is 2. The van der Waals surface area contributed by atoms with E-state index in [4.69, 9.17) is 32.7 Å². The summed E-state index contributed by atoms with van der Waals surface area (Å²) >= 11 is 11.9. The molecule has 3 rings (SSSR count). The molecule has 3 aromatic rings. The minimum absolute atomic E-state index is 0.221. The number of anilines is 1. The van der Waals surface area contributed by atoms with Crippen LogP contribution in [0, 0.1) is 0 Å². The maximum atomic E-state index is 11.9. The zero-order chi connectivity index (χ0) is 19.2. The Morgan fingerprint density at radius 3 is 2.48 bits per heavy atom. The van der Waals surface area contributed by atoms with Gasteiger partial charge in [0.05, 0.1) is 15.7 Å². The van der Waals surface area contributed by atoms with E-state index in [1.54, 1.807) is 24.3 Å². The Morgan fingerprint density at radius 1 is 0.889 bits per heavy atom. The lowest BCUT2D eigenvalue weighted by molar-refractivity contribution is -0.149.